The highest BCUT2D eigenvalue weighted by Crippen LogP contribution is 2.31. The molecule has 28 heavy (non-hydrogen) atoms. The third-order valence-corrected chi connectivity index (χ3v) is 6.66. The van der Waals surface area contributed by atoms with Crippen LogP contribution in [0.1, 0.15) is 33.8 Å². The molecule has 146 valence electrons. The van der Waals surface area contributed by atoms with E-state index in [1.54, 1.807) is 18.2 Å². The predicted octanol–water partition coefficient (Wildman–Crippen LogP) is 3.77. The molecule has 0 saturated carbocycles. The Balaban J connectivity index is 1.58. The number of thiophene rings is 1. The third kappa shape index (κ3) is 3.74. The fourth-order valence-electron chi connectivity index (χ4n) is 3.28. The molecule has 6 nitrogen and oxygen atoms in total. The van der Waals surface area contributed by atoms with Gasteiger partial charge in [0, 0.05) is 40.0 Å². The van der Waals surface area contributed by atoms with Gasteiger partial charge in [-0.3, -0.25) is 9.59 Å². The summed E-state index contributed by atoms with van der Waals surface area (Å²) in [6, 6.07) is 7.22. The summed E-state index contributed by atoms with van der Waals surface area (Å²) < 4.78 is 1.83. The van der Waals surface area contributed by atoms with Gasteiger partial charge in [0.1, 0.15) is 4.83 Å². The minimum atomic E-state index is -0.135. The first-order chi connectivity index (χ1) is 13.4. The zero-order chi connectivity index (χ0) is 19.8. The second-order valence-corrected chi connectivity index (χ2v) is 8.63. The number of carbonyl (C=O) groups excluding carboxylic acids is 2. The number of nitrogens with one attached hydrogen (secondary N) is 2. The van der Waals surface area contributed by atoms with Crippen molar-refractivity contribution < 1.29 is 9.59 Å². The van der Waals surface area contributed by atoms with E-state index in [9.17, 15) is 9.59 Å². The van der Waals surface area contributed by atoms with E-state index in [-0.39, 0.29) is 17.9 Å². The molecular formula is C19H18Cl2N4O2S. The van der Waals surface area contributed by atoms with Crippen molar-refractivity contribution in [2.75, 3.05) is 6.54 Å². The first-order valence-corrected chi connectivity index (χ1v) is 10.5. The number of fused-ring (bicyclic) bond motifs is 1. The lowest BCUT2D eigenvalue weighted by Crippen LogP contribution is -2.47. The SMILES string of the molecule is Cc1nn(Cc2c(Cl)cccc2Cl)c2sc(C(=O)NC3CCC(=O)NC3)cc12. The lowest BCUT2D eigenvalue weighted by molar-refractivity contribution is -0.122. The molecular weight excluding hydrogens is 419 g/mol. The zero-order valence-corrected chi connectivity index (χ0v) is 17.4. The number of hydrogen-bond acceptors (Lipinski definition) is 4. The Labute approximate surface area is 175 Å². The molecule has 1 fully saturated rings. The second kappa shape index (κ2) is 7.73. The van der Waals surface area contributed by atoms with Crippen LogP contribution in [0.15, 0.2) is 24.3 Å². The largest absolute Gasteiger partial charge is 0.354 e. The van der Waals surface area contributed by atoms with Crippen molar-refractivity contribution in [3.63, 3.8) is 0 Å². The fourth-order valence-corrected chi connectivity index (χ4v) is 4.86. The van der Waals surface area contributed by atoms with Crippen molar-refractivity contribution in [2.45, 2.75) is 32.4 Å². The van der Waals surface area contributed by atoms with Gasteiger partial charge in [-0.25, -0.2) is 4.68 Å². The van der Waals surface area contributed by atoms with Gasteiger partial charge in [-0.1, -0.05) is 29.3 Å². The number of aryl methyl sites for hydroxylation is 1. The monoisotopic (exact) mass is 436 g/mol. The Hall–Kier alpha value is -2.09. The topological polar surface area (TPSA) is 76.0 Å². The number of hydrogen-bond donors (Lipinski definition) is 2. The summed E-state index contributed by atoms with van der Waals surface area (Å²) in [5, 5.41) is 12.5. The molecule has 4 rings (SSSR count). The van der Waals surface area contributed by atoms with Crippen molar-refractivity contribution in [2.24, 2.45) is 0 Å². The molecule has 0 spiro atoms. The molecule has 3 aromatic rings. The van der Waals surface area contributed by atoms with Crippen molar-refractivity contribution >= 4 is 56.6 Å². The molecule has 1 atom stereocenters. The van der Waals surface area contributed by atoms with Gasteiger partial charge in [-0.2, -0.15) is 5.10 Å². The number of nitrogens with zero attached hydrogens (tertiary/aromatic N) is 2. The number of benzene rings is 1. The highest BCUT2D eigenvalue weighted by molar-refractivity contribution is 7.20. The predicted molar refractivity (Wildman–Crippen MR) is 111 cm³/mol. The van der Waals surface area contributed by atoms with E-state index in [0.29, 0.717) is 40.9 Å². The van der Waals surface area contributed by atoms with Crippen LogP contribution in [-0.2, 0) is 11.3 Å². The Morgan fingerprint density at radius 3 is 2.82 bits per heavy atom. The molecule has 2 N–H and O–H groups in total. The van der Waals surface area contributed by atoms with Crippen molar-refractivity contribution in [1.29, 1.82) is 0 Å². The molecule has 0 aliphatic carbocycles. The van der Waals surface area contributed by atoms with Gasteiger partial charge in [0.15, 0.2) is 0 Å². The van der Waals surface area contributed by atoms with Crippen LogP contribution < -0.4 is 10.6 Å². The van der Waals surface area contributed by atoms with E-state index >= 15 is 0 Å². The smallest absolute Gasteiger partial charge is 0.261 e. The molecule has 3 heterocycles. The molecule has 1 aliphatic heterocycles. The summed E-state index contributed by atoms with van der Waals surface area (Å²) in [5.74, 6) is -0.106. The third-order valence-electron chi connectivity index (χ3n) is 4.80. The number of aromatic nitrogens is 2. The van der Waals surface area contributed by atoms with Crippen LogP contribution in [0, 0.1) is 6.92 Å². The Morgan fingerprint density at radius 2 is 2.14 bits per heavy atom. The van der Waals surface area contributed by atoms with Gasteiger partial charge in [0.05, 0.1) is 17.1 Å². The van der Waals surface area contributed by atoms with Crippen molar-refractivity contribution in [1.82, 2.24) is 20.4 Å². The zero-order valence-electron chi connectivity index (χ0n) is 15.1. The summed E-state index contributed by atoms with van der Waals surface area (Å²) in [6.07, 6.45) is 1.09. The summed E-state index contributed by atoms with van der Waals surface area (Å²) in [5.41, 5.74) is 1.64. The quantitative estimate of drug-likeness (QED) is 0.653. The van der Waals surface area contributed by atoms with Crippen LogP contribution in [0.4, 0.5) is 0 Å². The number of amides is 2. The minimum absolute atomic E-state index is 0.0290. The van der Waals surface area contributed by atoms with E-state index in [1.165, 1.54) is 11.3 Å². The lowest BCUT2D eigenvalue weighted by Gasteiger charge is -2.23. The molecule has 0 bridgehead atoms. The standard InChI is InChI=1S/C19H18Cl2N4O2S/c1-10-12-7-16(18(27)23-11-5-6-17(26)22-8-11)28-19(12)25(24-10)9-13-14(20)3-2-4-15(13)21/h2-4,7,11H,5-6,8-9H2,1H3,(H,22,26)(H,23,27). The highest BCUT2D eigenvalue weighted by Gasteiger charge is 2.22. The summed E-state index contributed by atoms with van der Waals surface area (Å²) in [4.78, 5) is 25.5. The Bertz CT molecular complexity index is 1050. The van der Waals surface area contributed by atoms with Gasteiger partial charge < -0.3 is 10.6 Å². The minimum Gasteiger partial charge on any atom is -0.354 e. The highest BCUT2D eigenvalue weighted by atomic mass is 35.5. The molecule has 2 aromatic heterocycles. The molecule has 1 aliphatic rings. The van der Waals surface area contributed by atoms with Crippen molar-refractivity contribution in [3.05, 3.63) is 50.4 Å². The van der Waals surface area contributed by atoms with Gasteiger partial charge in [0.2, 0.25) is 5.91 Å². The molecule has 2 amide bonds. The maximum atomic E-state index is 12.7. The number of rotatable bonds is 4. The van der Waals surface area contributed by atoms with Crippen LogP contribution in [0.3, 0.4) is 0 Å². The van der Waals surface area contributed by atoms with Crippen LogP contribution in [0.25, 0.3) is 10.2 Å². The molecule has 1 saturated heterocycles. The maximum Gasteiger partial charge on any atom is 0.261 e. The van der Waals surface area contributed by atoms with Gasteiger partial charge in [-0.15, -0.1) is 11.3 Å². The summed E-state index contributed by atoms with van der Waals surface area (Å²) in [7, 11) is 0. The van der Waals surface area contributed by atoms with E-state index in [2.05, 4.69) is 15.7 Å². The Kier molecular flexibility index (Phi) is 5.31. The summed E-state index contributed by atoms with van der Waals surface area (Å²) >= 11 is 14.0. The van der Waals surface area contributed by atoms with Crippen LogP contribution in [0.2, 0.25) is 10.0 Å². The Morgan fingerprint density at radius 1 is 1.39 bits per heavy atom. The van der Waals surface area contributed by atoms with Crippen LogP contribution in [-0.4, -0.2) is 34.2 Å². The van der Waals surface area contributed by atoms with Crippen molar-refractivity contribution in [3.8, 4) is 0 Å². The van der Waals surface area contributed by atoms with Crippen LogP contribution in [0.5, 0.6) is 0 Å². The first-order valence-electron chi connectivity index (χ1n) is 8.90. The van der Waals surface area contributed by atoms with Gasteiger partial charge in [0.25, 0.3) is 5.91 Å². The molecule has 0 radical (unpaired) electrons. The average Bonchev–Trinajstić information content (AvgIpc) is 3.22. The van der Waals surface area contributed by atoms with E-state index < -0.39 is 0 Å². The first kappa shape index (κ1) is 19.2. The molecule has 1 aromatic carbocycles. The maximum absolute atomic E-state index is 12.7. The molecule has 9 heteroatoms. The number of carbonyl (C=O) groups is 2. The van der Waals surface area contributed by atoms with Gasteiger partial charge in [-0.05, 0) is 31.5 Å². The average molecular weight is 437 g/mol. The second-order valence-electron chi connectivity index (χ2n) is 6.79. The normalized spacial score (nSPS) is 17.0. The van der Waals surface area contributed by atoms with Gasteiger partial charge >= 0.3 is 0 Å². The van der Waals surface area contributed by atoms with Crippen LogP contribution >= 0.6 is 34.5 Å². The number of halogens is 2. The van der Waals surface area contributed by atoms with E-state index in [1.807, 2.05) is 17.7 Å². The van der Waals surface area contributed by atoms with E-state index in [4.69, 9.17) is 23.2 Å². The fraction of sp³-hybridized carbons (Fsp3) is 0.316. The molecule has 1 unspecified atom stereocenters. The summed E-state index contributed by atoms with van der Waals surface area (Å²) in [6.45, 7) is 2.81. The number of piperidine rings is 1. The lowest BCUT2D eigenvalue weighted by atomic mass is 10.1. The van der Waals surface area contributed by atoms with E-state index in [0.717, 1.165) is 21.5 Å².